The lowest BCUT2D eigenvalue weighted by molar-refractivity contribution is -0.141. The Hall–Kier alpha value is -3.10. The Labute approximate surface area is 154 Å². The largest absolute Gasteiger partial charge is 0.433 e. The number of aromatic nitrogens is 4. The van der Waals surface area contributed by atoms with Gasteiger partial charge in [-0.05, 0) is 0 Å². The van der Waals surface area contributed by atoms with Gasteiger partial charge in [0.25, 0.3) is 0 Å². The highest BCUT2D eigenvalue weighted by atomic mass is 19.4. The van der Waals surface area contributed by atoms with Gasteiger partial charge in [-0.2, -0.15) is 23.3 Å². The quantitative estimate of drug-likeness (QED) is 0.738. The second-order valence-electron chi connectivity index (χ2n) is 6.22. The van der Waals surface area contributed by atoms with Crippen LogP contribution in [0, 0.1) is 0 Å². The van der Waals surface area contributed by atoms with E-state index in [1.165, 1.54) is 4.90 Å². The van der Waals surface area contributed by atoms with Crippen LogP contribution in [-0.4, -0.2) is 33.8 Å². The summed E-state index contributed by atoms with van der Waals surface area (Å²) in [5.41, 5.74) is 1.52. The molecule has 2 heterocycles. The third kappa shape index (κ3) is 4.36. The molecule has 6 nitrogen and oxygen atoms in total. The Morgan fingerprint density at radius 3 is 2.44 bits per heavy atom. The fourth-order valence-corrected chi connectivity index (χ4v) is 2.57. The molecule has 0 amide bonds. The van der Waals surface area contributed by atoms with Crippen molar-refractivity contribution in [1.82, 2.24) is 19.7 Å². The number of anilines is 2. The summed E-state index contributed by atoms with van der Waals surface area (Å²) in [6.45, 7) is 0.242. The Kier molecular flexibility index (Phi) is 5.02. The van der Waals surface area contributed by atoms with E-state index in [4.69, 9.17) is 0 Å². The molecule has 1 aromatic carbocycles. The molecule has 0 bridgehead atoms. The standard InChI is InChI=1S/C18H19F3N6/c1-26(2)15-9-14(18(19,20)21)23-17(24-15)22-10-13-11-27(3)25-16(13)12-7-5-4-6-8-12/h4-9,11H,10H2,1-3H3,(H,22,23,24). The number of rotatable bonds is 5. The smallest absolute Gasteiger partial charge is 0.363 e. The molecule has 2 aromatic heterocycles. The SMILES string of the molecule is CN(C)c1cc(C(F)(F)F)nc(NCc2cn(C)nc2-c2ccccc2)n1. The van der Waals surface area contributed by atoms with E-state index < -0.39 is 11.9 Å². The van der Waals surface area contributed by atoms with Crippen LogP contribution in [0.25, 0.3) is 11.3 Å². The average Bonchev–Trinajstić information content (AvgIpc) is 3.00. The Balaban J connectivity index is 1.89. The number of nitrogens with zero attached hydrogens (tertiary/aromatic N) is 5. The maximum Gasteiger partial charge on any atom is 0.433 e. The van der Waals surface area contributed by atoms with Crippen molar-refractivity contribution in [3.63, 3.8) is 0 Å². The molecule has 0 fully saturated rings. The minimum Gasteiger partial charge on any atom is -0.363 e. The van der Waals surface area contributed by atoms with Crippen molar-refractivity contribution in [2.75, 3.05) is 24.3 Å². The van der Waals surface area contributed by atoms with Crippen LogP contribution in [0.4, 0.5) is 24.9 Å². The van der Waals surface area contributed by atoms with Gasteiger partial charge in [-0.1, -0.05) is 30.3 Å². The van der Waals surface area contributed by atoms with E-state index in [0.717, 1.165) is 22.9 Å². The van der Waals surface area contributed by atoms with Gasteiger partial charge >= 0.3 is 6.18 Å². The first-order chi connectivity index (χ1) is 12.7. The van der Waals surface area contributed by atoms with Crippen molar-refractivity contribution in [2.24, 2.45) is 7.05 Å². The normalized spacial score (nSPS) is 11.5. The maximum absolute atomic E-state index is 13.1. The number of nitrogens with one attached hydrogen (secondary N) is 1. The molecular weight excluding hydrogens is 357 g/mol. The van der Waals surface area contributed by atoms with E-state index in [0.29, 0.717) is 0 Å². The fourth-order valence-electron chi connectivity index (χ4n) is 2.57. The predicted molar refractivity (Wildman–Crippen MR) is 97.3 cm³/mol. The van der Waals surface area contributed by atoms with Gasteiger partial charge in [0.05, 0.1) is 5.69 Å². The van der Waals surface area contributed by atoms with Gasteiger partial charge in [-0.3, -0.25) is 4.68 Å². The molecule has 0 atom stereocenters. The molecule has 142 valence electrons. The molecule has 0 spiro atoms. The Bertz CT molecular complexity index is 919. The van der Waals surface area contributed by atoms with Gasteiger partial charge in [0, 0.05) is 51.1 Å². The van der Waals surface area contributed by atoms with Crippen molar-refractivity contribution < 1.29 is 13.2 Å². The van der Waals surface area contributed by atoms with Gasteiger partial charge in [0.15, 0.2) is 5.69 Å². The second kappa shape index (κ2) is 7.26. The molecule has 27 heavy (non-hydrogen) atoms. The van der Waals surface area contributed by atoms with Gasteiger partial charge in [0.2, 0.25) is 5.95 Å². The third-order valence-corrected chi connectivity index (χ3v) is 3.85. The fraction of sp³-hybridized carbons (Fsp3) is 0.278. The number of hydrogen-bond acceptors (Lipinski definition) is 5. The van der Waals surface area contributed by atoms with Crippen LogP contribution < -0.4 is 10.2 Å². The van der Waals surface area contributed by atoms with E-state index in [-0.39, 0.29) is 18.3 Å². The zero-order chi connectivity index (χ0) is 19.6. The van der Waals surface area contributed by atoms with E-state index >= 15 is 0 Å². The van der Waals surface area contributed by atoms with Crippen molar-refractivity contribution in [2.45, 2.75) is 12.7 Å². The molecule has 3 rings (SSSR count). The first-order valence-corrected chi connectivity index (χ1v) is 8.19. The first-order valence-electron chi connectivity index (χ1n) is 8.19. The topological polar surface area (TPSA) is 58.9 Å². The molecule has 0 saturated carbocycles. The van der Waals surface area contributed by atoms with Crippen LogP contribution in [0.1, 0.15) is 11.3 Å². The molecule has 0 aliphatic rings. The highest BCUT2D eigenvalue weighted by Crippen LogP contribution is 2.30. The van der Waals surface area contributed by atoms with Crippen molar-refractivity contribution >= 4 is 11.8 Å². The number of benzene rings is 1. The van der Waals surface area contributed by atoms with Gasteiger partial charge in [-0.15, -0.1) is 0 Å². The van der Waals surface area contributed by atoms with Crippen molar-refractivity contribution in [1.29, 1.82) is 0 Å². The van der Waals surface area contributed by atoms with Crippen LogP contribution in [-0.2, 0) is 19.8 Å². The van der Waals surface area contributed by atoms with E-state index in [9.17, 15) is 13.2 Å². The molecule has 1 N–H and O–H groups in total. The average molecular weight is 376 g/mol. The van der Waals surface area contributed by atoms with Crippen molar-refractivity contribution in [3.8, 4) is 11.3 Å². The zero-order valence-corrected chi connectivity index (χ0v) is 15.1. The predicted octanol–water partition coefficient (Wildman–Crippen LogP) is 3.57. The summed E-state index contributed by atoms with van der Waals surface area (Å²) >= 11 is 0. The summed E-state index contributed by atoms with van der Waals surface area (Å²) in [4.78, 5) is 9.26. The van der Waals surface area contributed by atoms with Crippen LogP contribution in [0.2, 0.25) is 0 Å². The van der Waals surface area contributed by atoms with Crippen LogP contribution in [0.5, 0.6) is 0 Å². The van der Waals surface area contributed by atoms with Crippen LogP contribution >= 0.6 is 0 Å². The summed E-state index contributed by atoms with van der Waals surface area (Å²) in [6, 6.07) is 10.5. The summed E-state index contributed by atoms with van der Waals surface area (Å²) in [7, 11) is 5.04. The number of halogens is 3. The molecule has 9 heteroatoms. The van der Waals surface area contributed by atoms with E-state index in [1.54, 1.807) is 25.8 Å². The molecule has 0 aliphatic carbocycles. The molecule has 0 saturated heterocycles. The minimum absolute atomic E-state index is 0.0867. The Morgan fingerprint density at radius 2 is 1.81 bits per heavy atom. The minimum atomic E-state index is -4.55. The molecule has 0 radical (unpaired) electrons. The number of aryl methyl sites for hydroxylation is 1. The first kappa shape index (κ1) is 18.7. The summed E-state index contributed by atoms with van der Waals surface area (Å²) < 4.78 is 41.0. The van der Waals surface area contributed by atoms with Crippen LogP contribution in [0.15, 0.2) is 42.6 Å². The summed E-state index contributed by atoms with van der Waals surface area (Å²) in [5, 5.41) is 7.33. The molecular formula is C18H19F3N6. The highest BCUT2D eigenvalue weighted by Gasteiger charge is 2.34. The lowest BCUT2D eigenvalue weighted by Crippen LogP contribution is -2.17. The second-order valence-corrected chi connectivity index (χ2v) is 6.22. The Morgan fingerprint density at radius 1 is 1.11 bits per heavy atom. The van der Waals surface area contributed by atoms with Crippen LogP contribution in [0.3, 0.4) is 0 Å². The lowest BCUT2D eigenvalue weighted by Gasteiger charge is -2.16. The van der Waals surface area contributed by atoms with Gasteiger partial charge in [-0.25, -0.2) is 4.98 Å². The van der Waals surface area contributed by atoms with E-state index in [1.807, 2.05) is 36.5 Å². The summed E-state index contributed by atoms with van der Waals surface area (Å²) in [5.74, 6) is 0.0886. The van der Waals surface area contributed by atoms with E-state index in [2.05, 4.69) is 20.4 Å². The molecule has 0 aliphatic heterocycles. The van der Waals surface area contributed by atoms with Gasteiger partial charge < -0.3 is 10.2 Å². The molecule has 0 unspecified atom stereocenters. The lowest BCUT2D eigenvalue weighted by atomic mass is 10.1. The number of alkyl halides is 3. The third-order valence-electron chi connectivity index (χ3n) is 3.85. The molecule has 3 aromatic rings. The monoisotopic (exact) mass is 376 g/mol. The maximum atomic E-state index is 13.1. The van der Waals surface area contributed by atoms with Crippen molar-refractivity contribution in [3.05, 3.63) is 53.9 Å². The summed E-state index contributed by atoms with van der Waals surface area (Å²) in [6.07, 6.45) is -2.73. The number of hydrogen-bond donors (Lipinski definition) is 1. The zero-order valence-electron chi connectivity index (χ0n) is 15.1. The van der Waals surface area contributed by atoms with Gasteiger partial charge in [0.1, 0.15) is 5.82 Å². The highest BCUT2D eigenvalue weighted by molar-refractivity contribution is 5.63.